The lowest BCUT2D eigenvalue weighted by Gasteiger charge is -2.08. The molecule has 0 radical (unpaired) electrons. The van der Waals surface area contributed by atoms with Gasteiger partial charge in [-0.2, -0.15) is 0 Å². The molecule has 1 fully saturated rings. The van der Waals surface area contributed by atoms with Crippen LogP contribution in [0.15, 0.2) is 0 Å². The van der Waals surface area contributed by atoms with Crippen LogP contribution in [-0.2, 0) is 4.74 Å². The van der Waals surface area contributed by atoms with E-state index in [0.717, 1.165) is 0 Å². The quantitative estimate of drug-likeness (QED) is 0.378. The minimum Gasteiger partial charge on any atom is -0.448 e. The first-order valence-corrected chi connectivity index (χ1v) is 2.61. The molecule has 1 amide bonds. The molecule has 0 aliphatic carbocycles. The van der Waals surface area contributed by atoms with E-state index < -0.39 is 0 Å². The number of hydrogen-bond donors (Lipinski definition) is 0. The van der Waals surface area contributed by atoms with E-state index in [1.54, 1.807) is 11.9 Å². The zero-order valence-electron chi connectivity index (χ0n) is 5.05. The standard InChI is InChI=1S/C4H8BNO2/c1-6-3(5)2-8-4(6)7/h3H,2,5H2,1H3/t3-/m1/s1. The summed E-state index contributed by atoms with van der Waals surface area (Å²) in [4.78, 5) is 12.1. The van der Waals surface area contributed by atoms with Gasteiger partial charge in [-0.25, -0.2) is 4.79 Å². The van der Waals surface area contributed by atoms with Gasteiger partial charge in [0.25, 0.3) is 0 Å². The minimum atomic E-state index is -0.211. The summed E-state index contributed by atoms with van der Waals surface area (Å²) in [6, 6.07) is 0. The molecule has 1 saturated heterocycles. The number of rotatable bonds is 0. The molecule has 1 heterocycles. The van der Waals surface area contributed by atoms with Gasteiger partial charge in [-0.3, -0.25) is 0 Å². The van der Waals surface area contributed by atoms with Crippen LogP contribution in [0.2, 0.25) is 0 Å². The maximum absolute atomic E-state index is 10.5. The second-order valence-corrected chi connectivity index (χ2v) is 2.04. The van der Waals surface area contributed by atoms with Crippen LogP contribution in [0, 0.1) is 0 Å². The fourth-order valence-corrected chi connectivity index (χ4v) is 0.585. The third-order valence-electron chi connectivity index (χ3n) is 1.40. The minimum absolute atomic E-state index is 0.211. The molecule has 44 valence electrons. The predicted octanol–water partition coefficient (Wildman–Crippen LogP) is -0.972. The first kappa shape index (κ1) is 5.47. The predicted molar refractivity (Wildman–Crippen MR) is 31.4 cm³/mol. The molecule has 1 aliphatic rings. The summed E-state index contributed by atoms with van der Waals surface area (Å²) in [5, 5.41) is 0. The summed E-state index contributed by atoms with van der Waals surface area (Å²) < 4.78 is 4.66. The average Bonchev–Trinajstić information content (AvgIpc) is 1.98. The highest BCUT2D eigenvalue weighted by Crippen LogP contribution is 2.04. The van der Waals surface area contributed by atoms with Gasteiger partial charge in [-0.05, 0) is 0 Å². The molecular formula is C4H8BNO2. The van der Waals surface area contributed by atoms with Crippen molar-refractivity contribution in [2.24, 2.45) is 0 Å². The molecule has 0 unspecified atom stereocenters. The van der Waals surface area contributed by atoms with E-state index in [1.807, 2.05) is 7.85 Å². The first-order chi connectivity index (χ1) is 3.72. The number of carbonyl (C=O) groups excluding carboxylic acids is 1. The van der Waals surface area contributed by atoms with Crippen LogP contribution in [-0.4, -0.2) is 38.4 Å². The largest absolute Gasteiger partial charge is 0.448 e. The number of hydrogen-bond acceptors (Lipinski definition) is 2. The molecule has 0 aromatic carbocycles. The maximum atomic E-state index is 10.5. The Morgan fingerprint density at radius 2 is 2.62 bits per heavy atom. The van der Waals surface area contributed by atoms with E-state index in [9.17, 15) is 4.79 Å². The van der Waals surface area contributed by atoms with E-state index in [-0.39, 0.29) is 12.0 Å². The van der Waals surface area contributed by atoms with Gasteiger partial charge in [0.15, 0.2) is 0 Å². The number of carbonyl (C=O) groups is 1. The molecule has 0 saturated carbocycles. The van der Waals surface area contributed by atoms with Crippen molar-refractivity contribution in [1.82, 2.24) is 4.90 Å². The molecule has 0 aromatic rings. The summed E-state index contributed by atoms with van der Waals surface area (Å²) in [5.74, 6) is 0.252. The van der Waals surface area contributed by atoms with Crippen molar-refractivity contribution >= 4 is 13.9 Å². The van der Waals surface area contributed by atoms with Crippen LogP contribution in [0.4, 0.5) is 4.79 Å². The Kier molecular flexibility index (Phi) is 1.15. The lowest BCUT2D eigenvalue weighted by molar-refractivity contribution is 0.163. The summed E-state index contributed by atoms with van der Waals surface area (Å²) in [6.45, 7) is 0.537. The Hall–Kier alpha value is -0.665. The van der Waals surface area contributed by atoms with Crippen molar-refractivity contribution in [3.63, 3.8) is 0 Å². The fourth-order valence-electron chi connectivity index (χ4n) is 0.585. The lowest BCUT2D eigenvalue weighted by atomic mass is 9.98. The molecule has 1 rings (SSSR count). The number of ether oxygens (including phenoxy) is 1. The second-order valence-electron chi connectivity index (χ2n) is 2.04. The van der Waals surface area contributed by atoms with Crippen molar-refractivity contribution in [3.8, 4) is 0 Å². The highest BCUT2D eigenvalue weighted by molar-refractivity contribution is 6.13. The molecule has 0 bridgehead atoms. The third-order valence-corrected chi connectivity index (χ3v) is 1.40. The molecule has 8 heavy (non-hydrogen) atoms. The van der Waals surface area contributed by atoms with Crippen LogP contribution >= 0.6 is 0 Å². The van der Waals surface area contributed by atoms with Gasteiger partial charge >= 0.3 is 6.09 Å². The van der Waals surface area contributed by atoms with E-state index in [2.05, 4.69) is 4.74 Å². The van der Waals surface area contributed by atoms with Crippen LogP contribution in [0.1, 0.15) is 0 Å². The Morgan fingerprint density at radius 3 is 2.75 bits per heavy atom. The Balaban J connectivity index is 2.56. The molecule has 3 nitrogen and oxygen atoms in total. The topological polar surface area (TPSA) is 29.5 Å². The molecular weight excluding hydrogens is 105 g/mol. The molecule has 1 aliphatic heterocycles. The average molecular weight is 113 g/mol. The van der Waals surface area contributed by atoms with E-state index in [1.165, 1.54) is 0 Å². The van der Waals surface area contributed by atoms with Crippen molar-refractivity contribution in [2.75, 3.05) is 13.7 Å². The number of amides is 1. The SMILES string of the molecule is B[C@H]1COC(=O)N1C. The van der Waals surface area contributed by atoms with Gasteiger partial charge in [0.05, 0.1) is 0 Å². The zero-order valence-corrected chi connectivity index (χ0v) is 5.05. The fraction of sp³-hybridized carbons (Fsp3) is 0.750. The molecule has 0 aromatic heterocycles. The number of nitrogens with zero attached hydrogens (tertiary/aromatic N) is 1. The van der Waals surface area contributed by atoms with Crippen molar-refractivity contribution in [2.45, 2.75) is 5.94 Å². The van der Waals surface area contributed by atoms with E-state index >= 15 is 0 Å². The van der Waals surface area contributed by atoms with Gasteiger partial charge < -0.3 is 9.64 Å². The zero-order chi connectivity index (χ0) is 6.15. The highest BCUT2D eigenvalue weighted by atomic mass is 16.6. The lowest BCUT2D eigenvalue weighted by Crippen LogP contribution is -2.29. The number of likely N-dealkylation sites (N-methyl/N-ethyl adjacent to an activating group) is 1. The Morgan fingerprint density at radius 1 is 2.00 bits per heavy atom. The molecule has 4 heteroatoms. The Labute approximate surface area is 49.0 Å². The smallest absolute Gasteiger partial charge is 0.409 e. The highest BCUT2D eigenvalue weighted by Gasteiger charge is 2.24. The van der Waals surface area contributed by atoms with E-state index in [4.69, 9.17) is 0 Å². The van der Waals surface area contributed by atoms with E-state index in [0.29, 0.717) is 6.61 Å². The maximum Gasteiger partial charge on any atom is 0.409 e. The van der Waals surface area contributed by atoms with Crippen LogP contribution in [0.3, 0.4) is 0 Å². The summed E-state index contributed by atoms with van der Waals surface area (Å²) in [7, 11) is 3.69. The summed E-state index contributed by atoms with van der Waals surface area (Å²) >= 11 is 0. The van der Waals surface area contributed by atoms with Gasteiger partial charge in [-0.15, -0.1) is 0 Å². The molecule has 0 N–H and O–H groups in total. The Bertz CT molecular complexity index is 117. The van der Waals surface area contributed by atoms with Gasteiger partial charge in [-0.1, -0.05) is 0 Å². The normalized spacial score (nSPS) is 28.4. The summed E-state index contributed by atoms with van der Waals surface area (Å²) in [6.07, 6.45) is -0.211. The molecule has 0 spiro atoms. The van der Waals surface area contributed by atoms with Gasteiger partial charge in [0.1, 0.15) is 14.5 Å². The second kappa shape index (κ2) is 1.69. The van der Waals surface area contributed by atoms with Crippen LogP contribution in [0.5, 0.6) is 0 Å². The monoisotopic (exact) mass is 113 g/mol. The first-order valence-electron chi connectivity index (χ1n) is 2.61. The van der Waals surface area contributed by atoms with Crippen molar-refractivity contribution in [1.29, 1.82) is 0 Å². The van der Waals surface area contributed by atoms with Crippen LogP contribution < -0.4 is 0 Å². The molecule has 1 atom stereocenters. The van der Waals surface area contributed by atoms with Crippen molar-refractivity contribution in [3.05, 3.63) is 0 Å². The third kappa shape index (κ3) is 0.659. The van der Waals surface area contributed by atoms with Gasteiger partial charge in [0, 0.05) is 13.0 Å². The van der Waals surface area contributed by atoms with Gasteiger partial charge in [0.2, 0.25) is 0 Å². The van der Waals surface area contributed by atoms with Crippen LogP contribution in [0.25, 0.3) is 0 Å². The summed E-state index contributed by atoms with van der Waals surface area (Å²) in [5.41, 5.74) is 0. The number of cyclic esters (lactones) is 1. The van der Waals surface area contributed by atoms with Crippen molar-refractivity contribution < 1.29 is 9.53 Å².